The number of ketones is 1. The van der Waals surface area contributed by atoms with Gasteiger partial charge in [0.1, 0.15) is 11.2 Å². The Hall–Kier alpha value is -2.19. The van der Waals surface area contributed by atoms with Crippen LogP contribution in [0.4, 0.5) is 0 Å². The molecular weight excluding hydrogens is 356 g/mol. The third-order valence-corrected chi connectivity index (χ3v) is 5.24. The van der Waals surface area contributed by atoms with Gasteiger partial charge in [0.05, 0.1) is 4.90 Å². The molecule has 4 nitrogen and oxygen atoms in total. The first kappa shape index (κ1) is 21.1. The number of Topliss-reactive ketones (excluding diaryl/α,β-unsaturated/α-hetero) is 1. The molecule has 0 aliphatic carbocycles. The van der Waals surface area contributed by atoms with Gasteiger partial charge >= 0.3 is 0 Å². The molecule has 0 aliphatic heterocycles. The number of thiocyanates is 1. The fourth-order valence-electron chi connectivity index (χ4n) is 3.08. The van der Waals surface area contributed by atoms with Crippen molar-refractivity contribution in [2.45, 2.75) is 70.1 Å². The van der Waals surface area contributed by atoms with E-state index in [1.54, 1.807) is 12.4 Å². The lowest BCUT2D eigenvalue weighted by molar-refractivity contribution is 0.0980. The van der Waals surface area contributed by atoms with Crippen LogP contribution in [0.1, 0.15) is 75.0 Å². The molecule has 0 saturated heterocycles. The van der Waals surface area contributed by atoms with Crippen LogP contribution in [0, 0.1) is 10.7 Å². The van der Waals surface area contributed by atoms with Crippen molar-refractivity contribution in [3.05, 3.63) is 46.8 Å². The van der Waals surface area contributed by atoms with E-state index in [0.717, 1.165) is 28.5 Å². The third-order valence-electron chi connectivity index (χ3n) is 4.59. The van der Waals surface area contributed by atoms with Crippen molar-refractivity contribution in [3.63, 3.8) is 0 Å². The number of nitriles is 1. The number of hydrogen-bond donors (Lipinski definition) is 2. The molecule has 2 rings (SSSR count). The number of carbonyl (C=O) groups is 1. The number of thioether (sulfide) groups is 1. The van der Waals surface area contributed by atoms with Crippen LogP contribution in [-0.4, -0.2) is 15.9 Å². The van der Waals surface area contributed by atoms with Gasteiger partial charge < -0.3 is 10.1 Å². The molecule has 0 aliphatic rings. The second kappa shape index (κ2) is 7.82. The molecule has 0 bridgehead atoms. The Kier molecular flexibility index (Phi) is 6.11. The van der Waals surface area contributed by atoms with Crippen LogP contribution in [-0.2, 0) is 17.3 Å². The molecule has 5 heteroatoms. The van der Waals surface area contributed by atoms with Gasteiger partial charge in [-0.3, -0.25) is 4.79 Å². The lowest BCUT2D eigenvalue weighted by atomic mass is 9.78. The van der Waals surface area contributed by atoms with Crippen molar-refractivity contribution in [2.75, 3.05) is 0 Å². The number of H-pyrrole nitrogens is 1. The molecule has 0 amide bonds. The minimum Gasteiger partial charge on any atom is -0.507 e. The van der Waals surface area contributed by atoms with Gasteiger partial charge in [0, 0.05) is 24.4 Å². The van der Waals surface area contributed by atoms with Gasteiger partial charge in [-0.05, 0) is 45.7 Å². The summed E-state index contributed by atoms with van der Waals surface area (Å²) in [7, 11) is 0. The zero-order valence-corrected chi connectivity index (χ0v) is 17.8. The fourth-order valence-corrected chi connectivity index (χ4v) is 3.58. The van der Waals surface area contributed by atoms with Gasteiger partial charge in [-0.25, -0.2) is 0 Å². The van der Waals surface area contributed by atoms with Crippen LogP contribution in [0.15, 0.2) is 29.4 Å². The molecule has 0 fully saturated rings. The van der Waals surface area contributed by atoms with Crippen molar-refractivity contribution in [3.8, 4) is 11.2 Å². The normalized spacial score (nSPS) is 12.0. The van der Waals surface area contributed by atoms with E-state index in [1.165, 1.54) is 0 Å². The predicted octanol–water partition coefficient (Wildman–Crippen LogP) is 5.70. The number of phenolic OH excluding ortho intramolecular Hbond substituents is 1. The SMILES string of the molecule is CC(C)(C)c1cc(CCC(=O)c2c[nH]cc2SC#N)cc(C(C)(C)C)c1O. The van der Waals surface area contributed by atoms with Crippen molar-refractivity contribution in [1.29, 1.82) is 5.26 Å². The molecule has 0 radical (unpaired) electrons. The van der Waals surface area contributed by atoms with Crippen LogP contribution < -0.4 is 0 Å². The number of aromatic amines is 1. The molecule has 2 aromatic rings. The quantitative estimate of drug-likeness (QED) is 0.393. The molecule has 0 saturated carbocycles. The summed E-state index contributed by atoms with van der Waals surface area (Å²) in [5.74, 6) is 0.361. The van der Waals surface area contributed by atoms with E-state index in [0.29, 0.717) is 29.1 Å². The number of aromatic hydroxyl groups is 1. The summed E-state index contributed by atoms with van der Waals surface area (Å²) in [5.41, 5.74) is 3.02. The molecule has 0 atom stereocenters. The van der Waals surface area contributed by atoms with Crippen molar-refractivity contribution in [2.24, 2.45) is 0 Å². The van der Waals surface area contributed by atoms with E-state index in [-0.39, 0.29) is 16.6 Å². The van der Waals surface area contributed by atoms with Crippen LogP contribution in [0.3, 0.4) is 0 Å². The summed E-state index contributed by atoms with van der Waals surface area (Å²) in [6.45, 7) is 12.5. The molecule has 144 valence electrons. The van der Waals surface area contributed by atoms with Crippen LogP contribution in [0.2, 0.25) is 0 Å². The maximum atomic E-state index is 12.6. The summed E-state index contributed by atoms with van der Waals surface area (Å²) in [4.78, 5) is 16.2. The van der Waals surface area contributed by atoms with Crippen molar-refractivity contribution in [1.82, 2.24) is 4.98 Å². The Morgan fingerprint density at radius 3 is 2.15 bits per heavy atom. The number of aryl methyl sites for hydroxylation is 1. The van der Waals surface area contributed by atoms with E-state index in [4.69, 9.17) is 5.26 Å². The van der Waals surface area contributed by atoms with Gasteiger partial charge in [0.15, 0.2) is 5.78 Å². The zero-order valence-electron chi connectivity index (χ0n) is 16.9. The first-order chi connectivity index (χ1) is 12.4. The minimum atomic E-state index is -0.193. The highest BCUT2D eigenvalue weighted by Crippen LogP contribution is 2.40. The number of hydrogen-bond acceptors (Lipinski definition) is 4. The maximum Gasteiger partial charge on any atom is 0.165 e. The summed E-state index contributed by atoms with van der Waals surface area (Å²) < 4.78 is 0. The van der Waals surface area contributed by atoms with Crippen molar-refractivity contribution < 1.29 is 9.90 Å². The third kappa shape index (κ3) is 4.95. The number of carbonyl (C=O) groups excluding carboxylic acids is 1. The summed E-state index contributed by atoms with van der Waals surface area (Å²) in [6.07, 6.45) is 4.28. The number of nitrogens with one attached hydrogen (secondary N) is 1. The van der Waals surface area contributed by atoms with E-state index in [1.807, 2.05) is 17.5 Å². The Morgan fingerprint density at radius 1 is 1.11 bits per heavy atom. The number of phenols is 1. The first-order valence-electron chi connectivity index (χ1n) is 9.08. The monoisotopic (exact) mass is 384 g/mol. The van der Waals surface area contributed by atoms with Gasteiger partial charge in [0.25, 0.3) is 0 Å². The van der Waals surface area contributed by atoms with Gasteiger partial charge in [-0.15, -0.1) is 0 Å². The highest BCUT2D eigenvalue weighted by atomic mass is 32.2. The Morgan fingerprint density at radius 2 is 1.67 bits per heavy atom. The van der Waals surface area contributed by atoms with Gasteiger partial charge in [-0.2, -0.15) is 5.26 Å². The predicted molar refractivity (Wildman–Crippen MR) is 110 cm³/mol. The van der Waals surface area contributed by atoms with E-state index >= 15 is 0 Å². The van der Waals surface area contributed by atoms with Crippen molar-refractivity contribution >= 4 is 17.5 Å². The topological polar surface area (TPSA) is 76.9 Å². The highest BCUT2D eigenvalue weighted by molar-refractivity contribution is 8.03. The number of benzene rings is 1. The molecule has 0 spiro atoms. The standard InChI is InChI=1S/C22H28N2O2S/c1-21(2,3)16-9-14(10-17(20(16)26)22(4,5)6)7-8-18(25)15-11-24-12-19(15)27-13-23/h9-12,24,26H,7-8H2,1-6H3. The van der Waals surface area contributed by atoms with Crippen LogP contribution in [0.5, 0.6) is 5.75 Å². The Bertz CT molecular complexity index is 842. The second-order valence-corrected chi connectivity index (χ2v) is 9.72. The fraction of sp³-hybridized carbons (Fsp3) is 0.455. The minimum absolute atomic E-state index is 0.0108. The molecule has 1 aromatic carbocycles. The Balaban J connectivity index is 2.32. The molecule has 1 heterocycles. The first-order valence-corrected chi connectivity index (χ1v) is 9.89. The molecule has 2 N–H and O–H groups in total. The van der Waals surface area contributed by atoms with Crippen LogP contribution in [0.25, 0.3) is 0 Å². The summed E-state index contributed by atoms with van der Waals surface area (Å²) >= 11 is 0.993. The van der Waals surface area contributed by atoms with Gasteiger partial charge in [-0.1, -0.05) is 53.7 Å². The van der Waals surface area contributed by atoms with Crippen LogP contribution >= 0.6 is 11.8 Å². The molecule has 0 unspecified atom stereocenters. The average molecular weight is 385 g/mol. The molecule has 27 heavy (non-hydrogen) atoms. The summed E-state index contributed by atoms with van der Waals surface area (Å²) in [5, 5.41) is 21.7. The highest BCUT2D eigenvalue weighted by Gasteiger charge is 2.26. The zero-order chi connectivity index (χ0) is 20.4. The number of nitrogens with zero attached hydrogens (tertiary/aromatic N) is 1. The second-order valence-electron chi connectivity index (χ2n) is 8.89. The molecule has 1 aromatic heterocycles. The Labute approximate surface area is 166 Å². The number of aromatic nitrogens is 1. The molecular formula is C22H28N2O2S. The summed E-state index contributed by atoms with van der Waals surface area (Å²) in [6, 6.07) is 4.03. The average Bonchev–Trinajstić information content (AvgIpc) is 3.00. The lowest BCUT2D eigenvalue weighted by Gasteiger charge is -2.28. The lowest BCUT2D eigenvalue weighted by Crippen LogP contribution is -2.18. The van der Waals surface area contributed by atoms with E-state index in [2.05, 4.69) is 46.5 Å². The van der Waals surface area contributed by atoms with Gasteiger partial charge in [0.2, 0.25) is 0 Å². The van der Waals surface area contributed by atoms with E-state index < -0.39 is 0 Å². The number of rotatable bonds is 5. The van der Waals surface area contributed by atoms with E-state index in [9.17, 15) is 9.90 Å². The smallest absolute Gasteiger partial charge is 0.165 e. The maximum absolute atomic E-state index is 12.6. The largest absolute Gasteiger partial charge is 0.507 e.